The molecular weight excluding hydrogens is 352 g/mol. The van der Waals surface area contributed by atoms with Crippen molar-refractivity contribution in [3.05, 3.63) is 23.0 Å². The molecule has 1 amide bonds. The van der Waals surface area contributed by atoms with Crippen LogP contribution in [0, 0.1) is 5.41 Å². The van der Waals surface area contributed by atoms with Crippen LogP contribution in [0.25, 0.3) is 11.1 Å². The Kier molecular flexibility index (Phi) is 6.64. The first kappa shape index (κ1) is 20.6. The molecule has 1 aliphatic carbocycles. The van der Waals surface area contributed by atoms with Gasteiger partial charge in [-0.1, -0.05) is 32.9 Å². The van der Waals surface area contributed by atoms with Gasteiger partial charge >= 0.3 is 0 Å². The minimum Gasteiger partial charge on any atom is -0.351 e. The molecule has 0 aliphatic heterocycles. The fourth-order valence-electron chi connectivity index (χ4n) is 2.96. The highest BCUT2D eigenvalue weighted by molar-refractivity contribution is 6.06. The van der Waals surface area contributed by atoms with E-state index in [4.69, 9.17) is 4.52 Å². The van der Waals surface area contributed by atoms with Crippen LogP contribution in [0.3, 0.4) is 0 Å². The summed E-state index contributed by atoms with van der Waals surface area (Å²) in [6.45, 7) is 10.7. The van der Waals surface area contributed by atoms with Crippen LogP contribution in [-0.4, -0.2) is 35.7 Å². The number of amides is 1. The molecule has 0 saturated heterocycles. The smallest absolute Gasteiger partial charge is 0.259 e. The predicted octanol–water partition coefficient (Wildman–Crippen LogP) is 3.45. The lowest BCUT2D eigenvalue weighted by atomic mass is 9.89. The van der Waals surface area contributed by atoms with E-state index >= 15 is 0 Å². The van der Waals surface area contributed by atoms with Gasteiger partial charge in [0.1, 0.15) is 0 Å². The Morgan fingerprint density at radius 3 is 2.65 bits per heavy atom. The predicted molar refractivity (Wildman–Crippen MR) is 105 cm³/mol. The molecule has 0 atom stereocenters. The maximum Gasteiger partial charge on any atom is 0.259 e. The molecule has 144 valence electrons. The molecule has 3 rings (SSSR count). The number of fused-ring (bicyclic) bond motifs is 1. The summed E-state index contributed by atoms with van der Waals surface area (Å²) >= 11 is 0. The van der Waals surface area contributed by atoms with Gasteiger partial charge in [0, 0.05) is 24.7 Å². The van der Waals surface area contributed by atoms with Gasteiger partial charge in [-0.25, -0.2) is 4.98 Å². The fourth-order valence-corrected chi connectivity index (χ4v) is 2.96. The second-order valence-electron chi connectivity index (χ2n) is 8.03. The third-order valence-corrected chi connectivity index (χ3v) is 4.31. The van der Waals surface area contributed by atoms with E-state index < -0.39 is 0 Å². The highest BCUT2D eigenvalue weighted by Crippen LogP contribution is 2.40. The van der Waals surface area contributed by atoms with Gasteiger partial charge in [0.05, 0.1) is 16.6 Å². The first-order chi connectivity index (χ1) is 11.9. The number of nitrogens with zero attached hydrogens (tertiary/aromatic N) is 2. The van der Waals surface area contributed by atoms with Gasteiger partial charge in [-0.15, -0.1) is 12.4 Å². The van der Waals surface area contributed by atoms with Gasteiger partial charge in [0.15, 0.2) is 0 Å². The van der Waals surface area contributed by atoms with E-state index in [2.05, 4.69) is 41.5 Å². The molecule has 2 heterocycles. The van der Waals surface area contributed by atoms with Gasteiger partial charge in [-0.2, -0.15) is 0 Å². The highest BCUT2D eigenvalue weighted by Gasteiger charge is 2.29. The van der Waals surface area contributed by atoms with E-state index in [0.29, 0.717) is 23.7 Å². The summed E-state index contributed by atoms with van der Waals surface area (Å²) in [7, 11) is 0. The lowest BCUT2D eigenvalue weighted by Crippen LogP contribution is -2.32. The van der Waals surface area contributed by atoms with Crippen molar-refractivity contribution in [1.29, 1.82) is 0 Å². The first-order valence-electron chi connectivity index (χ1n) is 9.17. The summed E-state index contributed by atoms with van der Waals surface area (Å²) in [6, 6.07) is 1.94. The van der Waals surface area contributed by atoms with Gasteiger partial charge in [-0.3, -0.25) is 4.79 Å². The summed E-state index contributed by atoms with van der Waals surface area (Å²) in [5, 5.41) is 11.2. The number of likely N-dealkylation sites (N-methyl/N-ethyl adjacent to an activating group) is 1. The van der Waals surface area contributed by atoms with Gasteiger partial charge in [0.2, 0.25) is 0 Å². The topological polar surface area (TPSA) is 80.0 Å². The summed E-state index contributed by atoms with van der Waals surface area (Å²) < 4.78 is 5.49. The van der Waals surface area contributed by atoms with E-state index in [1.54, 1.807) is 0 Å². The van der Waals surface area contributed by atoms with Crippen LogP contribution in [0.15, 0.2) is 10.6 Å². The summed E-state index contributed by atoms with van der Waals surface area (Å²) in [5.74, 6) is 0.374. The standard InChI is InChI=1S/C19H28N4O2.ClH/c1-5-20-8-9-21-17(24)13-10-14(12-6-7-12)22-18-16(13)15(23-25-18)11-19(2,3)4;/h10,12,20H,5-9,11H2,1-4H3,(H,21,24);1H. The van der Waals surface area contributed by atoms with E-state index in [-0.39, 0.29) is 23.7 Å². The van der Waals surface area contributed by atoms with Gasteiger partial charge < -0.3 is 15.2 Å². The van der Waals surface area contributed by atoms with Gasteiger partial charge in [-0.05, 0) is 37.3 Å². The van der Waals surface area contributed by atoms with Crippen molar-refractivity contribution in [2.45, 2.75) is 52.9 Å². The Balaban J connectivity index is 0.00000243. The number of rotatable bonds is 7. The average molecular weight is 381 g/mol. The van der Waals surface area contributed by atoms with E-state index in [9.17, 15) is 4.79 Å². The number of aromatic nitrogens is 2. The second-order valence-corrected chi connectivity index (χ2v) is 8.03. The van der Waals surface area contributed by atoms with Crippen LogP contribution >= 0.6 is 12.4 Å². The minimum absolute atomic E-state index is 0. The normalized spacial score (nSPS) is 14.3. The molecule has 2 N–H and O–H groups in total. The molecule has 2 aromatic rings. The molecule has 1 fully saturated rings. The number of carbonyl (C=O) groups excluding carboxylic acids is 1. The number of halogens is 1. The molecule has 6 nitrogen and oxygen atoms in total. The zero-order valence-corrected chi connectivity index (χ0v) is 16.8. The van der Waals surface area contributed by atoms with Crippen molar-refractivity contribution in [2.24, 2.45) is 5.41 Å². The molecular formula is C19H29ClN4O2. The van der Waals surface area contributed by atoms with Crippen molar-refractivity contribution in [2.75, 3.05) is 19.6 Å². The molecule has 0 spiro atoms. The summed E-state index contributed by atoms with van der Waals surface area (Å²) in [6.07, 6.45) is 2.99. The van der Waals surface area contributed by atoms with E-state index in [0.717, 1.165) is 49.1 Å². The average Bonchev–Trinajstić information content (AvgIpc) is 3.32. The number of nitrogens with one attached hydrogen (secondary N) is 2. The molecule has 2 aromatic heterocycles. The largest absolute Gasteiger partial charge is 0.351 e. The Bertz CT molecular complexity index is 763. The second kappa shape index (κ2) is 8.35. The quantitative estimate of drug-likeness (QED) is 0.719. The van der Waals surface area contributed by atoms with E-state index in [1.807, 2.05) is 13.0 Å². The van der Waals surface area contributed by atoms with Crippen molar-refractivity contribution in [3.63, 3.8) is 0 Å². The fraction of sp³-hybridized carbons (Fsp3) is 0.632. The molecule has 7 heteroatoms. The zero-order chi connectivity index (χ0) is 18.0. The lowest BCUT2D eigenvalue weighted by molar-refractivity contribution is 0.0955. The van der Waals surface area contributed by atoms with Crippen LogP contribution in [0.5, 0.6) is 0 Å². The maximum absolute atomic E-state index is 12.8. The monoisotopic (exact) mass is 380 g/mol. The molecule has 0 aromatic carbocycles. The Hall–Kier alpha value is -1.66. The van der Waals surface area contributed by atoms with Crippen LogP contribution < -0.4 is 10.6 Å². The van der Waals surface area contributed by atoms with Gasteiger partial charge in [0.25, 0.3) is 11.6 Å². The SMILES string of the molecule is CCNCCNC(=O)c1cc(C2CC2)nc2onc(CC(C)(C)C)c12.Cl. The van der Waals surface area contributed by atoms with E-state index in [1.165, 1.54) is 0 Å². The zero-order valence-electron chi connectivity index (χ0n) is 16.0. The summed E-state index contributed by atoms with van der Waals surface area (Å²) in [5.41, 5.74) is 2.94. The first-order valence-corrected chi connectivity index (χ1v) is 9.17. The summed E-state index contributed by atoms with van der Waals surface area (Å²) in [4.78, 5) is 17.4. The van der Waals surface area contributed by atoms with Crippen LogP contribution in [0.4, 0.5) is 0 Å². The number of carbonyl (C=O) groups is 1. The third-order valence-electron chi connectivity index (χ3n) is 4.31. The van der Waals surface area contributed by atoms with Crippen molar-refractivity contribution in [3.8, 4) is 0 Å². The minimum atomic E-state index is -0.0782. The molecule has 26 heavy (non-hydrogen) atoms. The number of hydrogen-bond acceptors (Lipinski definition) is 5. The number of pyridine rings is 1. The number of hydrogen-bond donors (Lipinski definition) is 2. The molecule has 0 radical (unpaired) electrons. The highest BCUT2D eigenvalue weighted by atomic mass is 35.5. The maximum atomic E-state index is 12.8. The molecule has 1 aliphatic rings. The van der Waals surface area contributed by atoms with Crippen LogP contribution in [-0.2, 0) is 6.42 Å². The Morgan fingerprint density at radius 2 is 2.04 bits per heavy atom. The van der Waals surface area contributed by atoms with Crippen molar-refractivity contribution in [1.82, 2.24) is 20.8 Å². The molecule has 1 saturated carbocycles. The van der Waals surface area contributed by atoms with Crippen LogP contribution in [0.1, 0.15) is 68.2 Å². The molecule has 0 bridgehead atoms. The van der Waals surface area contributed by atoms with Crippen molar-refractivity contribution >= 4 is 29.4 Å². The Labute approximate surface area is 160 Å². The lowest BCUT2D eigenvalue weighted by Gasteiger charge is -2.16. The van der Waals surface area contributed by atoms with Crippen molar-refractivity contribution < 1.29 is 9.32 Å². The molecule has 0 unspecified atom stereocenters. The Morgan fingerprint density at radius 1 is 1.31 bits per heavy atom. The third kappa shape index (κ3) is 4.95. The van der Waals surface area contributed by atoms with Crippen LogP contribution in [0.2, 0.25) is 0 Å².